The van der Waals surface area contributed by atoms with E-state index in [0.29, 0.717) is 0 Å². The number of rotatable bonds is 3. The first-order valence-corrected chi connectivity index (χ1v) is 5.58. The second-order valence-electron chi connectivity index (χ2n) is 3.97. The van der Waals surface area contributed by atoms with Crippen LogP contribution in [0, 0.1) is 6.92 Å². The van der Waals surface area contributed by atoms with Crippen molar-refractivity contribution in [2.75, 3.05) is 0 Å². The summed E-state index contributed by atoms with van der Waals surface area (Å²) in [5.41, 5.74) is 3.25. The fraction of sp³-hybridized carbons (Fsp3) is 0.308. The SMILES string of the molecule is CCCn1[nH]c(=O)cc1-c1ccccc1C. The molecular formula is C13H16N2O. The molecule has 16 heavy (non-hydrogen) atoms. The molecule has 0 aliphatic rings. The highest BCUT2D eigenvalue weighted by atomic mass is 16.1. The molecule has 0 aliphatic heterocycles. The van der Waals surface area contributed by atoms with Gasteiger partial charge in [-0.1, -0.05) is 31.2 Å². The van der Waals surface area contributed by atoms with Gasteiger partial charge in [0.05, 0.1) is 5.69 Å². The predicted molar refractivity (Wildman–Crippen MR) is 65.5 cm³/mol. The van der Waals surface area contributed by atoms with Gasteiger partial charge in [-0.25, -0.2) is 0 Å². The highest BCUT2D eigenvalue weighted by molar-refractivity contribution is 5.63. The summed E-state index contributed by atoms with van der Waals surface area (Å²) in [6, 6.07) is 9.77. The number of nitrogens with zero attached hydrogens (tertiary/aromatic N) is 1. The maximum absolute atomic E-state index is 11.4. The smallest absolute Gasteiger partial charge is 0.264 e. The van der Waals surface area contributed by atoms with Gasteiger partial charge in [-0.05, 0) is 18.9 Å². The third kappa shape index (κ3) is 1.94. The Hall–Kier alpha value is -1.77. The highest BCUT2D eigenvalue weighted by Crippen LogP contribution is 2.21. The molecule has 0 saturated carbocycles. The highest BCUT2D eigenvalue weighted by Gasteiger charge is 2.08. The zero-order valence-corrected chi connectivity index (χ0v) is 9.66. The van der Waals surface area contributed by atoms with E-state index in [0.717, 1.165) is 24.2 Å². The van der Waals surface area contributed by atoms with Gasteiger partial charge in [0.25, 0.3) is 5.56 Å². The molecule has 0 saturated heterocycles. The summed E-state index contributed by atoms with van der Waals surface area (Å²) in [5.74, 6) is 0. The molecule has 0 fully saturated rings. The number of aromatic nitrogens is 2. The Labute approximate surface area is 94.7 Å². The monoisotopic (exact) mass is 216 g/mol. The zero-order valence-electron chi connectivity index (χ0n) is 9.66. The number of aryl methyl sites for hydroxylation is 2. The van der Waals surface area contributed by atoms with Crippen molar-refractivity contribution in [2.45, 2.75) is 26.8 Å². The Morgan fingerprint density at radius 1 is 1.31 bits per heavy atom. The van der Waals surface area contributed by atoms with Crippen molar-refractivity contribution in [3.63, 3.8) is 0 Å². The van der Waals surface area contributed by atoms with Crippen molar-refractivity contribution in [2.24, 2.45) is 0 Å². The van der Waals surface area contributed by atoms with E-state index in [1.165, 1.54) is 5.56 Å². The molecule has 0 spiro atoms. The van der Waals surface area contributed by atoms with Crippen LogP contribution in [0.25, 0.3) is 11.3 Å². The summed E-state index contributed by atoms with van der Waals surface area (Å²) in [5, 5.41) is 2.83. The van der Waals surface area contributed by atoms with Gasteiger partial charge in [-0.3, -0.25) is 14.6 Å². The quantitative estimate of drug-likeness (QED) is 0.841. The molecule has 0 aliphatic carbocycles. The van der Waals surface area contributed by atoms with Crippen molar-refractivity contribution < 1.29 is 0 Å². The van der Waals surface area contributed by atoms with Crippen LogP contribution >= 0.6 is 0 Å². The normalized spacial score (nSPS) is 10.6. The molecule has 2 aromatic rings. The van der Waals surface area contributed by atoms with Crippen LogP contribution in [0.15, 0.2) is 35.1 Å². The van der Waals surface area contributed by atoms with E-state index in [4.69, 9.17) is 0 Å². The summed E-state index contributed by atoms with van der Waals surface area (Å²) in [6.45, 7) is 4.99. The van der Waals surface area contributed by atoms with Crippen LogP contribution in [0.1, 0.15) is 18.9 Å². The van der Waals surface area contributed by atoms with Crippen LogP contribution in [0.4, 0.5) is 0 Å². The van der Waals surface area contributed by atoms with Gasteiger partial charge >= 0.3 is 0 Å². The lowest BCUT2D eigenvalue weighted by Crippen LogP contribution is -2.06. The standard InChI is InChI=1S/C13H16N2O/c1-3-8-15-12(9-13(16)14-15)11-7-5-4-6-10(11)2/h4-7,9H,3,8H2,1-2H3,(H,14,16). The van der Waals surface area contributed by atoms with E-state index in [9.17, 15) is 4.79 Å². The Kier molecular flexibility index (Phi) is 2.95. The Morgan fingerprint density at radius 3 is 2.75 bits per heavy atom. The minimum absolute atomic E-state index is 0.0355. The average Bonchev–Trinajstić information content (AvgIpc) is 2.61. The van der Waals surface area contributed by atoms with Gasteiger partial charge in [0.15, 0.2) is 0 Å². The van der Waals surface area contributed by atoms with Crippen LogP contribution < -0.4 is 5.56 Å². The van der Waals surface area contributed by atoms with Crippen molar-refractivity contribution in [1.82, 2.24) is 9.78 Å². The second-order valence-corrected chi connectivity index (χ2v) is 3.97. The number of hydrogen-bond acceptors (Lipinski definition) is 1. The van der Waals surface area contributed by atoms with E-state index < -0.39 is 0 Å². The van der Waals surface area contributed by atoms with Crippen molar-refractivity contribution in [3.05, 3.63) is 46.2 Å². The third-order valence-electron chi connectivity index (χ3n) is 2.67. The van der Waals surface area contributed by atoms with Gasteiger partial charge in [-0.15, -0.1) is 0 Å². The topological polar surface area (TPSA) is 37.8 Å². The molecule has 2 rings (SSSR count). The van der Waals surface area contributed by atoms with E-state index in [1.54, 1.807) is 6.07 Å². The predicted octanol–water partition coefficient (Wildman–Crippen LogP) is 2.56. The maximum Gasteiger partial charge on any atom is 0.264 e. The fourth-order valence-corrected chi connectivity index (χ4v) is 1.91. The van der Waals surface area contributed by atoms with Crippen LogP contribution in [-0.2, 0) is 6.54 Å². The van der Waals surface area contributed by atoms with E-state index >= 15 is 0 Å². The van der Waals surface area contributed by atoms with Gasteiger partial charge in [0, 0.05) is 18.2 Å². The number of nitrogens with one attached hydrogen (secondary N) is 1. The van der Waals surface area contributed by atoms with Gasteiger partial charge in [0.1, 0.15) is 0 Å². The van der Waals surface area contributed by atoms with Crippen molar-refractivity contribution >= 4 is 0 Å². The Balaban J connectivity index is 2.55. The van der Waals surface area contributed by atoms with Crippen molar-refractivity contribution in [3.8, 4) is 11.3 Å². The average molecular weight is 216 g/mol. The molecular weight excluding hydrogens is 200 g/mol. The fourth-order valence-electron chi connectivity index (χ4n) is 1.91. The molecule has 3 heteroatoms. The lowest BCUT2D eigenvalue weighted by molar-refractivity contribution is 0.603. The van der Waals surface area contributed by atoms with Crippen LogP contribution in [0.5, 0.6) is 0 Å². The Bertz CT molecular complexity index is 537. The van der Waals surface area contributed by atoms with Gasteiger partial charge < -0.3 is 0 Å². The summed E-state index contributed by atoms with van der Waals surface area (Å²) < 4.78 is 1.92. The second kappa shape index (κ2) is 4.39. The largest absolute Gasteiger partial charge is 0.285 e. The number of aromatic amines is 1. The first kappa shape index (κ1) is 10.7. The molecule has 0 amide bonds. The summed E-state index contributed by atoms with van der Waals surface area (Å²) in [6.07, 6.45) is 1.00. The van der Waals surface area contributed by atoms with Crippen molar-refractivity contribution in [1.29, 1.82) is 0 Å². The molecule has 0 radical (unpaired) electrons. The summed E-state index contributed by atoms with van der Waals surface area (Å²) in [7, 11) is 0. The molecule has 84 valence electrons. The molecule has 1 N–H and O–H groups in total. The molecule has 1 aromatic heterocycles. The first-order chi connectivity index (χ1) is 7.72. The van der Waals surface area contributed by atoms with Crippen LogP contribution in [0.2, 0.25) is 0 Å². The zero-order chi connectivity index (χ0) is 11.5. The minimum atomic E-state index is -0.0355. The molecule has 0 unspecified atom stereocenters. The molecule has 3 nitrogen and oxygen atoms in total. The van der Waals surface area contributed by atoms with E-state index in [2.05, 4.69) is 25.0 Å². The number of hydrogen-bond donors (Lipinski definition) is 1. The maximum atomic E-state index is 11.4. The molecule has 1 aromatic carbocycles. The lowest BCUT2D eigenvalue weighted by Gasteiger charge is -2.09. The van der Waals surface area contributed by atoms with E-state index in [-0.39, 0.29) is 5.56 Å². The minimum Gasteiger partial charge on any atom is -0.285 e. The van der Waals surface area contributed by atoms with E-state index in [1.807, 2.05) is 22.9 Å². The number of benzene rings is 1. The van der Waals surface area contributed by atoms with Gasteiger partial charge in [0.2, 0.25) is 0 Å². The van der Waals surface area contributed by atoms with Crippen LogP contribution in [-0.4, -0.2) is 9.78 Å². The number of H-pyrrole nitrogens is 1. The van der Waals surface area contributed by atoms with Gasteiger partial charge in [-0.2, -0.15) is 0 Å². The molecule has 0 atom stereocenters. The summed E-state index contributed by atoms with van der Waals surface area (Å²) >= 11 is 0. The lowest BCUT2D eigenvalue weighted by atomic mass is 10.1. The summed E-state index contributed by atoms with van der Waals surface area (Å²) in [4.78, 5) is 11.4. The Morgan fingerprint density at radius 2 is 2.06 bits per heavy atom. The molecule has 0 bridgehead atoms. The first-order valence-electron chi connectivity index (χ1n) is 5.58. The third-order valence-corrected chi connectivity index (χ3v) is 2.67. The van der Waals surface area contributed by atoms with Crippen LogP contribution in [0.3, 0.4) is 0 Å². The molecule has 1 heterocycles.